The SMILES string of the molecule is CC(C)(C)C1NC(=O)N(CC2CCCCO2)C1=O. The first-order chi connectivity index (χ1) is 8.39. The lowest BCUT2D eigenvalue weighted by molar-refractivity contribution is -0.131. The molecule has 0 aliphatic carbocycles. The summed E-state index contributed by atoms with van der Waals surface area (Å²) in [6, 6.07) is -0.706. The smallest absolute Gasteiger partial charge is 0.324 e. The fourth-order valence-corrected chi connectivity index (χ4v) is 2.43. The maximum absolute atomic E-state index is 12.2. The minimum absolute atomic E-state index is 0.00664. The topological polar surface area (TPSA) is 58.6 Å². The monoisotopic (exact) mass is 254 g/mol. The third-order valence-corrected chi connectivity index (χ3v) is 3.55. The predicted octanol–water partition coefficient (Wildman–Crippen LogP) is 1.52. The summed E-state index contributed by atoms with van der Waals surface area (Å²) in [4.78, 5) is 25.4. The third-order valence-electron chi connectivity index (χ3n) is 3.55. The van der Waals surface area contributed by atoms with E-state index in [0.717, 1.165) is 25.9 Å². The van der Waals surface area contributed by atoms with Gasteiger partial charge < -0.3 is 10.1 Å². The lowest BCUT2D eigenvalue weighted by Crippen LogP contribution is -2.42. The fraction of sp³-hybridized carbons (Fsp3) is 0.846. The molecule has 2 atom stereocenters. The number of hydrogen-bond acceptors (Lipinski definition) is 3. The molecule has 5 nitrogen and oxygen atoms in total. The molecule has 2 saturated heterocycles. The summed E-state index contributed by atoms with van der Waals surface area (Å²) in [5.74, 6) is -0.123. The first-order valence-electron chi connectivity index (χ1n) is 6.63. The van der Waals surface area contributed by atoms with Gasteiger partial charge in [-0.05, 0) is 24.7 Å². The summed E-state index contributed by atoms with van der Waals surface area (Å²) >= 11 is 0. The number of carbonyl (C=O) groups excluding carboxylic acids is 2. The number of nitrogens with one attached hydrogen (secondary N) is 1. The molecule has 2 aliphatic rings. The summed E-state index contributed by atoms with van der Waals surface area (Å²) in [6.07, 6.45) is 3.11. The zero-order valence-electron chi connectivity index (χ0n) is 11.4. The van der Waals surface area contributed by atoms with Crippen LogP contribution in [0.2, 0.25) is 0 Å². The Balaban J connectivity index is 2.00. The van der Waals surface area contributed by atoms with Crippen LogP contribution < -0.4 is 5.32 Å². The van der Waals surface area contributed by atoms with Gasteiger partial charge in [-0.15, -0.1) is 0 Å². The van der Waals surface area contributed by atoms with Crippen LogP contribution in [-0.2, 0) is 9.53 Å². The quantitative estimate of drug-likeness (QED) is 0.760. The number of rotatable bonds is 2. The van der Waals surface area contributed by atoms with Gasteiger partial charge in [0.25, 0.3) is 5.91 Å². The molecule has 102 valence electrons. The second kappa shape index (κ2) is 4.88. The van der Waals surface area contributed by atoms with E-state index < -0.39 is 6.04 Å². The largest absolute Gasteiger partial charge is 0.376 e. The highest BCUT2D eigenvalue weighted by Gasteiger charge is 2.44. The number of urea groups is 1. The lowest BCUT2D eigenvalue weighted by atomic mass is 9.87. The highest BCUT2D eigenvalue weighted by molar-refractivity contribution is 6.04. The second-order valence-corrected chi connectivity index (χ2v) is 6.19. The molecular formula is C13H22N2O3. The van der Waals surface area contributed by atoms with Crippen LogP contribution in [-0.4, -0.2) is 42.1 Å². The molecule has 0 spiro atoms. The van der Waals surface area contributed by atoms with Crippen LogP contribution in [0.1, 0.15) is 40.0 Å². The lowest BCUT2D eigenvalue weighted by Gasteiger charge is -2.27. The molecule has 2 heterocycles. The van der Waals surface area contributed by atoms with Gasteiger partial charge in [0.2, 0.25) is 0 Å². The minimum atomic E-state index is -0.423. The Hall–Kier alpha value is -1.10. The Bertz CT molecular complexity index is 343. The molecule has 1 N–H and O–H groups in total. The molecule has 2 aliphatic heterocycles. The number of carbonyl (C=O) groups is 2. The van der Waals surface area contributed by atoms with E-state index in [2.05, 4.69) is 5.32 Å². The maximum Gasteiger partial charge on any atom is 0.324 e. The van der Waals surface area contributed by atoms with Crippen molar-refractivity contribution < 1.29 is 14.3 Å². The summed E-state index contributed by atoms with van der Waals surface area (Å²) in [5.41, 5.74) is -0.255. The van der Waals surface area contributed by atoms with Crippen LogP contribution in [0.15, 0.2) is 0 Å². The van der Waals surface area contributed by atoms with Crippen molar-refractivity contribution in [2.45, 2.75) is 52.2 Å². The molecule has 5 heteroatoms. The fourth-order valence-electron chi connectivity index (χ4n) is 2.43. The van der Waals surface area contributed by atoms with Gasteiger partial charge in [-0.25, -0.2) is 4.79 Å². The van der Waals surface area contributed by atoms with E-state index in [1.165, 1.54) is 4.90 Å². The minimum Gasteiger partial charge on any atom is -0.376 e. The van der Waals surface area contributed by atoms with Gasteiger partial charge in [0, 0.05) is 6.61 Å². The van der Waals surface area contributed by atoms with E-state index in [4.69, 9.17) is 4.74 Å². The first kappa shape index (κ1) is 13.3. The Labute approximate surface area is 108 Å². The van der Waals surface area contributed by atoms with Crippen LogP contribution in [0.3, 0.4) is 0 Å². The normalized spacial score (nSPS) is 29.6. The zero-order valence-corrected chi connectivity index (χ0v) is 11.4. The summed E-state index contributed by atoms with van der Waals surface area (Å²) < 4.78 is 5.58. The zero-order chi connectivity index (χ0) is 13.3. The van der Waals surface area contributed by atoms with Gasteiger partial charge in [-0.3, -0.25) is 9.69 Å². The average Bonchev–Trinajstić information content (AvgIpc) is 2.58. The van der Waals surface area contributed by atoms with Crippen molar-refractivity contribution in [3.63, 3.8) is 0 Å². The summed E-state index contributed by atoms with van der Waals surface area (Å²) in [7, 11) is 0. The Morgan fingerprint density at radius 3 is 2.56 bits per heavy atom. The van der Waals surface area contributed by atoms with Crippen molar-refractivity contribution in [1.29, 1.82) is 0 Å². The first-order valence-corrected chi connectivity index (χ1v) is 6.63. The van der Waals surface area contributed by atoms with Gasteiger partial charge in [-0.2, -0.15) is 0 Å². The van der Waals surface area contributed by atoms with Gasteiger partial charge in [-0.1, -0.05) is 20.8 Å². The van der Waals surface area contributed by atoms with Crippen molar-refractivity contribution in [3.8, 4) is 0 Å². The molecule has 2 unspecified atom stereocenters. The van der Waals surface area contributed by atoms with E-state index in [1.807, 2.05) is 20.8 Å². The van der Waals surface area contributed by atoms with E-state index in [-0.39, 0.29) is 23.5 Å². The molecule has 3 amide bonds. The van der Waals surface area contributed by atoms with E-state index in [9.17, 15) is 9.59 Å². The van der Waals surface area contributed by atoms with Gasteiger partial charge in [0.05, 0.1) is 12.6 Å². The Kier molecular flexibility index (Phi) is 3.61. The molecule has 0 aromatic rings. The molecule has 0 radical (unpaired) electrons. The van der Waals surface area contributed by atoms with Crippen LogP contribution in [0.5, 0.6) is 0 Å². The van der Waals surface area contributed by atoms with Crippen molar-refractivity contribution in [1.82, 2.24) is 10.2 Å². The third kappa shape index (κ3) is 2.66. The number of hydrogen-bond donors (Lipinski definition) is 1. The summed E-state index contributed by atoms with van der Waals surface area (Å²) in [5, 5.41) is 2.77. The van der Waals surface area contributed by atoms with Crippen LogP contribution in [0.4, 0.5) is 4.79 Å². The standard InChI is InChI=1S/C13H22N2O3/c1-13(2,3)10-11(16)15(12(17)14-10)8-9-6-4-5-7-18-9/h9-10H,4-8H2,1-3H3,(H,14,17). The number of ether oxygens (including phenoxy) is 1. The van der Waals surface area contributed by atoms with E-state index >= 15 is 0 Å². The molecular weight excluding hydrogens is 232 g/mol. The second-order valence-electron chi connectivity index (χ2n) is 6.19. The van der Waals surface area contributed by atoms with E-state index in [0.29, 0.717) is 6.54 Å². The highest BCUT2D eigenvalue weighted by Crippen LogP contribution is 2.26. The molecule has 2 fully saturated rings. The highest BCUT2D eigenvalue weighted by atomic mass is 16.5. The Morgan fingerprint density at radius 1 is 1.33 bits per heavy atom. The number of amides is 3. The molecule has 0 saturated carbocycles. The Morgan fingerprint density at radius 2 is 2.06 bits per heavy atom. The molecule has 18 heavy (non-hydrogen) atoms. The van der Waals surface area contributed by atoms with Crippen molar-refractivity contribution in [2.24, 2.45) is 5.41 Å². The number of imide groups is 1. The van der Waals surface area contributed by atoms with Gasteiger partial charge >= 0.3 is 6.03 Å². The maximum atomic E-state index is 12.2. The van der Waals surface area contributed by atoms with Crippen molar-refractivity contribution in [3.05, 3.63) is 0 Å². The molecule has 0 bridgehead atoms. The molecule has 0 aromatic carbocycles. The van der Waals surface area contributed by atoms with E-state index in [1.54, 1.807) is 0 Å². The predicted molar refractivity (Wildman–Crippen MR) is 67.1 cm³/mol. The van der Waals surface area contributed by atoms with Crippen LogP contribution in [0, 0.1) is 5.41 Å². The summed E-state index contributed by atoms with van der Waals surface area (Å²) in [6.45, 7) is 6.98. The average molecular weight is 254 g/mol. The van der Waals surface area contributed by atoms with Crippen LogP contribution >= 0.6 is 0 Å². The molecule has 0 aromatic heterocycles. The van der Waals surface area contributed by atoms with Gasteiger partial charge in [0.1, 0.15) is 6.04 Å². The van der Waals surface area contributed by atoms with Gasteiger partial charge in [0.15, 0.2) is 0 Å². The van der Waals surface area contributed by atoms with Crippen LogP contribution in [0.25, 0.3) is 0 Å². The molecule has 2 rings (SSSR count). The van der Waals surface area contributed by atoms with Crippen molar-refractivity contribution >= 4 is 11.9 Å². The van der Waals surface area contributed by atoms with Crippen molar-refractivity contribution in [2.75, 3.05) is 13.2 Å². The number of nitrogens with zero attached hydrogens (tertiary/aromatic N) is 1.